The van der Waals surface area contributed by atoms with Gasteiger partial charge in [0.25, 0.3) is 0 Å². The van der Waals surface area contributed by atoms with E-state index in [1.807, 2.05) is 13.8 Å². The van der Waals surface area contributed by atoms with E-state index in [0.29, 0.717) is 36.5 Å². The van der Waals surface area contributed by atoms with Crippen molar-refractivity contribution in [3.8, 4) is 0 Å². The third kappa shape index (κ3) is 3.87. The monoisotopic (exact) mass is 372 g/mol. The molecule has 27 heavy (non-hydrogen) atoms. The molecular formula is C21H25FN2O3. The quantitative estimate of drug-likeness (QED) is 0.815. The van der Waals surface area contributed by atoms with Gasteiger partial charge in [0, 0.05) is 24.3 Å². The van der Waals surface area contributed by atoms with Crippen LogP contribution < -0.4 is 0 Å². The number of nitrogens with zero attached hydrogens (tertiary/aromatic N) is 1. The fourth-order valence-electron chi connectivity index (χ4n) is 3.80. The maximum absolute atomic E-state index is 13.2. The lowest BCUT2D eigenvalue weighted by Gasteiger charge is -2.36. The van der Waals surface area contributed by atoms with Gasteiger partial charge in [-0.15, -0.1) is 0 Å². The number of benzene rings is 1. The molecule has 1 N–H and O–H groups in total. The molecule has 0 saturated carbocycles. The fraction of sp³-hybridized carbons (Fsp3) is 0.429. The topological polar surface area (TPSA) is 62.4 Å². The van der Waals surface area contributed by atoms with Crippen LogP contribution in [0.1, 0.15) is 57.6 Å². The Morgan fingerprint density at radius 3 is 2.52 bits per heavy atom. The van der Waals surface area contributed by atoms with Crippen LogP contribution in [0.25, 0.3) is 0 Å². The summed E-state index contributed by atoms with van der Waals surface area (Å²) in [5, 5.41) is 0. The van der Waals surface area contributed by atoms with Crippen molar-refractivity contribution < 1.29 is 18.7 Å². The maximum atomic E-state index is 13.2. The van der Waals surface area contributed by atoms with E-state index in [1.165, 1.54) is 19.1 Å². The molecule has 2 aromatic rings. The van der Waals surface area contributed by atoms with Crippen LogP contribution in [0.4, 0.5) is 4.39 Å². The highest BCUT2D eigenvalue weighted by Gasteiger charge is 2.31. The molecule has 3 rings (SSSR count). The minimum atomic E-state index is -0.353. The molecule has 0 radical (unpaired) electrons. The molecule has 1 fully saturated rings. The summed E-state index contributed by atoms with van der Waals surface area (Å²) < 4.78 is 19.0. The second-order valence-electron chi connectivity index (χ2n) is 7.13. The molecule has 0 bridgehead atoms. The van der Waals surface area contributed by atoms with Crippen LogP contribution in [-0.2, 0) is 4.74 Å². The van der Waals surface area contributed by atoms with Gasteiger partial charge in [0.2, 0.25) is 0 Å². The van der Waals surface area contributed by atoms with Crippen molar-refractivity contribution in [3.63, 3.8) is 0 Å². The molecule has 6 heteroatoms. The van der Waals surface area contributed by atoms with Crippen LogP contribution in [0.3, 0.4) is 0 Å². The van der Waals surface area contributed by atoms with Crippen molar-refractivity contribution >= 4 is 11.6 Å². The average molecular weight is 372 g/mol. The van der Waals surface area contributed by atoms with E-state index in [4.69, 9.17) is 4.74 Å². The zero-order chi connectivity index (χ0) is 19.7. The highest BCUT2D eigenvalue weighted by Crippen LogP contribution is 2.26. The van der Waals surface area contributed by atoms with Crippen LogP contribution in [-0.4, -0.2) is 47.2 Å². The lowest BCUT2D eigenvalue weighted by Crippen LogP contribution is -2.47. The predicted molar refractivity (Wildman–Crippen MR) is 101 cm³/mol. The molecule has 0 spiro atoms. The molecule has 1 saturated heterocycles. The van der Waals surface area contributed by atoms with E-state index < -0.39 is 0 Å². The molecule has 2 atom stereocenters. The normalized spacial score (nSPS) is 19.1. The summed E-state index contributed by atoms with van der Waals surface area (Å²) in [6.07, 6.45) is -0.200. The Morgan fingerprint density at radius 1 is 1.26 bits per heavy atom. The minimum absolute atomic E-state index is 0.0390. The van der Waals surface area contributed by atoms with E-state index >= 15 is 0 Å². The first-order valence-electron chi connectivity index (χ1n) is 9.15. The SMILES string of the molecule is CC(=O)c1c(C)[nH]c(C(=O)C(C)N2CCOC(c3ccc(F)cc3)C2)c1C. The van der Waals surface area contributed by atoms with Gasteiger partial charge in [0.05, 0.1) is 24.4 Å². The lowest BCUT2D eigenvalue weighted by atomic mass is 10.0. The molecule has 1 aliphatic rings. The number of aromatic amines is 1. The number of morpholine rings is 1. The van der Waals surface area contributed by atoms with Gasteiger partial charge in [0.1, 0.15) is 5.82 Å². The van der Waals surface area contributed by atoms with E-state index in [1.54, 1.807) is 19.1 Å². The van der Waals surface area contributed by atoms with E-state index in [2.05, 4.69) is 9.88 Å². The summed E-state index contributed by atoms with van der Waals surface area (Å²) in [4.78, 5) is 30.1. The Kier molecular flexibility index (Phi) is 5.58. The summed E-state index contributed by atoms with van der Waals surface area (Å²) in [6, 6.07) is 5.91. The number of nitrogens with one attached hydrogen (secondary N) is 1. The second-order valence-corrected chi connectivity index (χ2v) is 7.13. The molecular weight excluding hydrogens is 347 g/mol. The van der Waals surface area contributed by atoms with Crippen LogP contribution >= 0.6 is 0 Å². The second kappa shape index (κ2) is 7.74. The number of aryl methyl sites for hydroxylation is 1. The molecule has 5 nitrogen and oxygen atoms in total. The summed E-state index contributed by atoms with van der Waals surface area (Å²) in [7, 11) is 0. The number of ether oxygens (including phenoxy) is 1. The van der Waals surface area contributed by atoms with Crippen molar-refractivity contribution in [1.82, 2.24) is 9.88 Å². The standard InChI is InChI=1S/C21H25FN2O3/c1-12-19(15(4)25)13(2)23-20(12)21(26)14(3)24-9-10-27-18(11-24)16-5-7-17(22)8-6-16/h5-8,14,18,23H,9-11H2,1-4H3. The van der Waals surface area contributed by atoms with Gasteiger partial charge >= 0.3 is 0 Å². The number of Topliss-reactive ketones (excluding diaryl/α,β-unsaturated/α-hetero) is 2. The molecule has 2 heterocycles. The highest BCUT2D eigenvalue weighted by atomic mass is 19.1. The lowest BCUT2D eigenvalue weighted by molar-refractivity contribution is -0.0388. The van der Waals surface area contributed by atoms with Crippen LogP contribution in [0.5, 0.6) is 0 Å². The zero-order valence-electron chi connectivity index (χ0n) is 16.1. The van der Waals surface area contributed by atoms with Gasteiger partial charge in [-0.3, -0.25) is 14.5 Å². The predicted octanol–water partition coefficient (Wildman–Crippen LogP) is 3.62. The molecule has 0 aliphatic carbocycles. The first-order chi connectivity index (χ1) is 12.8. The molecule has 0 amide bonds. The summed E-state index contributed by atoms with van der Waals surface area (Å²) in [5.74, 6) is -0.368. The Morgan fingerprint density at radius 2 is 1.93 bits per heavy atom. The molecule has 1 aliphatic heterocycles. The minimum Gasteiger partial charge on any atom is -0.371 e. The fourth-order valence-corrected chi connectivity index (χ4v) is 3.80. The summed E-state index contributed by atoms with van der Waals surface area (Å²) in [5.41, 5.74) is 3.42. The van der Waals surface area contributed by atoms with Crippen LogP contribution in [0.2, 0.25) is 0 Å². The summed E-state index contributed by atoms with van der Waals surface area (Å²) in [6.45, 7) is 8.70. The summed E-state index contributed by atoms with van der Waals surface area (Å²) >= 11 is 0. The third-order valence-electron chi connectivity index (χ3n) is 5.30. The van der Waals surface area contributed by atoms with Crippen LogP contribution in [0.15, 0.2) is 24.3 Å². The first kappa shape index (κ1) is 19.5. The van der Waals surface area contributed by atoms with E-state index in [-0.39, 0.29) is 29.5 Å². The molecule has 144 valence electrons. The van der Waals surface area contributed by atoms with Crippen molar-refractivity contribution in [1.29, 1.82) is 0 Å². The van der Waals surface area contributed by atoms with Gasteiger partial charge in [0.15, 0.2) is 11.6 Å². The Bertz CT molecular complexity index is 857. The average Bonchev–Trinajstić information content (AvgIpc) is 2.95. The number of carbonyl (C=O) groups is 2. The number of ketones is 2. The zero-order valence-corrected chi connectivity index (χ0v) is 16.1. The first-order valence-corrected chi connectivity index (χ1v) is 9.15. The van der Waals surface area contributed by atoms with Gasteiger partial charge in [-0.05, 0) is 51.0 Å². The van der Waals surface area contributed by atoms with E-state index in [0.717, 1.165) is 11.3 Å². The van der Waals surface area contributed by atoms with Crippen molar-refractivity contribution in [2.45, 2.75) is 39.8 Å². The van der Waals surface area contributed by atoms with Gasteiger partial charge in [-0.2, -0.15) is 0 Å². The largest absolute Gasteiger partial charge is 0.371 e. The molecule has 1 aromatic carbocycles. The van der Waals surface area contributed by atoms with E-state index in [9.17, 15) is 14.0 Å². The number of rotatable bonds is 5. The highest BCUT2D eigenvalue weighted by molar-refractivity contribution is 6.05. The van der Waals surface area contributed by atoms with Crippen molar-refractivity contribution in [3.05, 3.63) is 58.2 Å². The number of halogens is 1. The maximum Gasteiger partial charge on any atom is 0.196 e. The number of aromatic nitrogens is 1. The number of hydrogen-bond donors (Lipinski definition) is 1. The Hall–Kier alpha value is -2.31. The van der Waals surface area contributed by atoms with Gasteiger partial charge < -0.3 is 9.72 Å². The van der Waals surface area contributed by atoms with Crippen molar-refractivity contribution in [2.75, 3.05) is 19.7 Å². The Balaban J connectivity index is 1.78. The number of H-pyrrole nitrogens is 1. The van der Waals surface area contributed by atoms with Crippen LogP contribution in [0, 0.1) is 19.7 Å². The molecule has 1 aromatic heterocycles. The van der Waals surface area contributed by atoms with Crippen molar-refractivity contribution in [2.24, 2.45) is 0 Å². The van der Waals surface area contributed by atoms with Gasteiger partial charge in [-0.25, -0.2) is 4.39 Å². The number of carbonyl (C=O) groups excluding carboxylic acids is 2. The third-order valence-corrected chi connectivity index (χ3v) is 5.30. The Labute approximate surface area is 158 Å². The molecule has 2 unspecified atom stereocenters. The number of hydrogen-bond acceptors (Lipinski definition) is 4. The van der Waals surface area contributed by atoms with Gasteiger partial charge in [-0.1, -0.05) is 12.1 Å². The smallest absolute Gasteiger partial charge is 0.196 e.